The Bertz CT molecular complexity index is 1530. The summed E-state index contributed by atoms with van der Waals surface area (Å²) in [5.41, 5.74) is -2.24. The van der Waals surface area contributed by atoms with Crippen LogP contribution in [0.4, 0.5) is 35.1 Å². The fourth-order valence-electron chi connectivity index (χ4n) is 4.28. The number of carbonyl (C=O) groups is 1. The lowest BCUT2D eigenvalue weighted by molar-refractivity contribution is -0.145. The number of amides is 1. The normalized spacial score (nSPS) is 20.3. The maximum atomic E-state index is 14.6. The number of pyridine rings is 1. The van der Waals surface area contributed by atoms with Crippen molar-refractivity contribution in [1.82, 2.24) is 24.6 Å². The van der Waals surface area contributed by atoms with Gasteiger partial charge in [-0.05, 0) is 37.3 Å². The number of rotatable bonds is 6. The van der Waals surface area contributed by atoms with E-state index in [2.05, 4.69) is 20.3 Å². The Balaban J connectivity index is 1.61. The first-order chi connectivity index (χ1) is 19.0. The predicted octanol–water partition coefficient (Wildman–Crippen LogP) is 4.52. The molecular formula is C24H19F8N5O3S. The zero-order valence-electron chi connectivity index (χ0n) is 20.7. The molecule has 1 fully saturated rings. The SMILES string of the molecule is C[C@H]1[C@H](F)C[C@@H](C(=O)NCc2cc(-c3cnc(C(F)(F)F)nc3)cnc2C(F)(F)F)N1S(=O)(=O)c1ccc(F)cc1. The number of nitrogens with one attached hydrogen (secondary N) is 1. The molecule has 0 bridgehead atoms. The van der Waals surface area contributed by atoms with Gasteiger partial charge in [0.05, 0.1) is 10.9 Å². The van der Waals surface area contributed by atoms with E-state index in [1.807, 2.05) is 0 Å². The number of nitrogens with zero attached hydrogens (tertiary/aromatic N) is 4. The van der Waals surface area contributed by atoms with E-state index in [0.717, 1.165) is 48.9 Å². The minimum Gasteiger partial charge on any atom is -0.351 e. The molecule has 3 heterocycles. The van der Waals surface area contributed by atoms with Gasteiger partial charge < -0.3 is 5.32 Å². The fourth-order valence-corrected chi connectivity index (χ4v) is 6.09. The Morgan fingerprint density at radius 3 is 2.12 bits per heavy atom. The van der Waals surface area contributed by atoms with Gasteiger partial charge in [-0.1, -0.05) is 0 Å². The summed E-state index contributed by atoms with van der Waals surface area (Å²) in [5.74, 6) is -3.32. The summed E-state index contributed by atoms with van der Waals surface area (Å²) in [5, 5.41) is 2.17. The Morgan fingerprint density at radius 1 is 0.976 bits per heavy atom. The molecule has 17 heteroatoms. The van der Waals surface area contributed by atoms with Gasteiger partial charge in [-0.15, -0.1) is 0 Å². The Hall–Kier alpha value is -3.73. The van der Waals surface area contributed by atoms with Crippen molar-refractivity contribution in [3.63, 3.8) is 0 Å². The maximum absolute atomic E-state index is 14.6. The standard InChI is InChI=1S/C24H19F8N5O3S/c1-12-18(26)7-19(37(12)41(39,40)17-4-2-16(25)3-5-17)21(38)34-9-14-6-13(8-33-20(14)23(27,28)29)15-10-35-22(36-11-15)24(30,31)32/h2-6,8,10-12,18-19H,7,9H2,1H3,(H,34,38)/t12-,18+,19-/m0/s1. The summed E-state index contributed by atoms with van der Waals surface area (Å²) >= 11 is 0. The molecule has 1 aliphatic heterocycles. The monoisotopic (exact) mass is 609 g/mol. The van der Waals surface area contributed by atoms with Crippen LogP contribution in [-0.2, 0) is 33.7 Å². The van der Waals surface area contributed by atoms with E-state index >= 15 is 0 Å². The largest absolute Gasteiger partial charge is 0.451 e. The van der Waals surface area contributed by atoms with Gasteiger partial charge in [0.15, 0.2) is 0 Å². The van der Waals surface area contributed by atoms with Gasteiger partial charge in [-0.3, -0.25) is 9.78 Å². The molecule has 3 aromatic rings. The first kappa shape index (κ1) is 30.2. The average Bonchev–Trinajstić information content (AvgIpc) is 3.21. The molecule has 1 amide bonds. The number of benzene rings is 1. The van der Waals surface area contributed by atoms with Crippen LogP contribution in [0.15, 0.2) is 53.8 Å². The van der Waals surface area contributed by atoms with Gasteiger partial charge in [0.1, 0.15) is 23.7 Å². The van der Waals surface area contributed by atoms with Crippen LogP contribution in [-0.4, -0.2) is 51.8 Å². The first-order valence-corrected chi connectivity index (χ1v) is 13.1. The van der Waals surface area contributed by atoms with Gasteiger partial charge in [0.25, 0.3) is 0 Å². The molecule has 0 radical (unpaired) electrons. The molecule has 1 saturated heterocycles. The van der Waals surface area contributed by atoms with E-state index in [-0.39, 0.29) is 11.1 Å². The van der Waals surface area contributed by atoms with Gasteiger partial charge in [0, 0.05) is 48.2 Å². The molecule has 41 heavy (non-hydrogen) atoms. The summed E-state index contributed by atoms with van der Waals surface area (Å²) in [6.45, 7) is 0.364. The molecule has 0 spiro atoms. The number of carbonyl (C=O) groups excluding carboxylic acids is 1. The first-order valence-electron chi connectivity index (χ1n) is 11.7. The van der Waals surface area contributed by atoms with Gasteiger partial charge >= 0.3 is 12.4 Å². The lowest BCUT2D eigenvalue weighted by Gasteiger charge is -2.27. The zero-order valence-corrected chi connectivity index (χ0v) is 21.5. The molecule has 2 aromatic heterocycles. The van der Waals surface area contributed by atoms with E-state index in [9.17, 15) is 48.3 Å². The molecule has 1 N–H and O–H groups in total. The van der Waals surface area contributed by atoms with Crippen molar-refractivity contribution in [2.24, 2.45) is 0 Å². The second-order valence-corrected chi connectivity index (χ2v) is 10.9. The van der Waals surface area contributed by atoms with Crippen molar-refractivity contribution in [3.05, 3.63) is 71.8 Å². The number of alkyl halides is 7. The van der Waals surface area contributed by atoms with E-state index in [0.29, 0.717) is 4.31 Å². The molecule has 1 aromatic carbocycles. The zero-order chi connectivity index (χ0) is 30.3. The highest BCUT2D eigenvalue weighted by Gasteiger charge is 2.49. The molecular weight excluding hydrogens is 590 g/mol. The van der Waals surface area contributed by atoms with Crippen LogP contribution in [0.3, 0.4) is 0 Å². The van der Waals surface area contributed by atoms with Crippen LogP contribution in [0.1, 0.15) is 30.4 Å². The lowest BCUT2D eigenvalue weighted by atomic mass is 10.1. The summed E-state index contributed by atoms with van der Waals surface area (Å²) in [7, 11) is -4.52. The molecule has 0 aliphatic carbocycles. The number of halogens is 8. The van der Waals surface area contributed by atoms with Gasteiger partial charge in [-0.25, -0.2) is 27.2 Å². The Kier molecular flexibility index (Phi) is 8.05. The summed E-state index contributed by atoms with van der Waals surface area (Å²) in [6.07, 6.45) is -10.0. The third-order valence-electron chi connectivity index (χ3n) is 6.30. The minimum absolute atomic E-state index is 0.102. The predicted molar refractivity (Wildman–Crippen MR) is 125 cm³/mol. The molecule has 3 atom stereocenters. The second-order valence-electron chi connectivity index (χ2n) is 9.04. The highest BCUT2D eigenvalue weighted by Crippen LogP contribution is 2.35. The number of sulfonamides is 1. The second kappa shape index (κ2) is 10.9. The van der Waals surface area contributed by atoms with Crippen LogP contribution in [0.2, 0.25) is 0 Å². The molecule has 1 aliphatic rings. The smallest absolute Gasteiger partial charge is 0.351 e. The van der Waals surface area contributed by atoms with Crippen LogP contribution in [0.25, 0.3) is 11.1 Å². The third-order valence-corrected chi connectivity index (χ3v) is 8.31. The summed E-state index contributed by atoms with van der Waals surface area (Å²) < 4.78 is 134. The topological polar surface area (TPSA) is 105 Å². The van der Waals surface area contributed by atoms with Crippen LogP contribution in [0, 0.1) is 5.82 Å². The van der Waals surface area contributed by atoms with Crippen molar-refractivity contribution in [3.8, 4) is 11.1 Å². The van der Waals surface area contributed by atoms with Crippen molar-refractivity contribution in [2.75, 3.05) is 0 Å². The number of hydrogen-bond donors (Lipinski definition) is 1. The summed E-state index contributed by atoms with van der Waals surface area (Å²) in [6, 6.07) is 1.50. The highest BCUT2D eigenvalue weighted by atomic mass is 32.2. The Morgan fingerprint density at radius 2 is 1.56 bits per heavy atom. The van der Waals surface area contributed by atoms with Gasteiger partial charge in [0.2, 0.25) is 21.8 Å². The van der Waals surface area contributed by atoms with Crippen molar-refractivity contribution in [2.45, 2.75) is 55.4 Å². The number of aromatic nitrogens is 3. The van der Waals surface area contributed by atoms with Crippen LogP contribution < -0.4 is 5.32 Å². The van der Waals surface area contributed by atoms with E-state index in [1.165, 1.54) is 6.92 Å². The lowest BCUT2D eigenvalue weighted by Crippen LogP contribution is -2.48. The van der Waals surface area contributed by atoms with Crippen molar-refractivity contribution in [1.29, 1.82) is 0 Å². The summed E-state index contributed by atoms with van der Waals surface area (Å²) in [4.78, 5) is 22.3. The van der Waals surface area contributed by atoms with Gasteiger partial charge in [-0.2, -0.15) is 30.6 Å². The Labute approximate surface area is 227 Å². The molecule has 0 saturated carbocycles. The van der Waals surface area contributed by atoms with E-state index in [1.54, 1.807) is 0 Å². The number of hydrogen-bond acceptors (Lipinski definition) is 6. The molecule has 8 nitrogen and oxygen atoms in total. The quantitative estimate of drug-likeness (QED) is 0.413. The van der Waals surface area contributed by atoms with E-state index in [4.69, 9.17) is 0 Å². The fraction of sp³-hybridized carbons (Fsp3) is 0.333. The van der Waals surface area contributed by atoms with Crippen LogP contribution >= 0.6 is 0 Å². The molecule has 0 unspecified atom stereocenters. The third kappa shape index (κ3) is 6.29. The van der Waals surface area contributed by atoms with Crippen molar-refractivity contribution >= 4 is 15.9 Å². The highest BCUT2D eigenvalue weighted by molar-refractivity contribution is 7.89. The minimum atomic E-state index is -5.00. The average molecular weight is 609 g/mol. The molecule has 4 rings (SSSR count). The van der Waals surface area contributed by atoms with Crippen LogP contribution in [0.5, 0.6) is 0 Å². The molecule has 220 valence electrons. The van der Waals surface area contributed by atoms with Crippen molar-refractivity contribution < 1.29 is 48.3 Å². The maximum Gasteiger partial charge on any atom is 0.451 e. The van der Waals surface area contributed by atoms with E-state index < -0.39 is 87.3 Å².